The molecule has 1 aromatic carbocycles. The number of hydrogen-bond acceptors (Lipinski definition) is 6. The molecule has 0 aliphatic rings. The van der Waals surface area contributed by atoms with Crippen LogP contribution in [0.25, 0.3) is 0 Å². The predicted octanol–water partition coefficient (Wildman–Crippen LogP) is 1.92. The average Bonchev–Trinajstić information content (AvgIpc) is 2.56. The summed E-state index contributed by atoms with van der Waals surface area (Å²) < 4.78 is 10.4. The second kappa shape index (κ2) is 7.60. The molecule has 2 N–H and O–H groups in total. The van der Waals surface area contributed by atoms with Crippen LogP contribution in [0.5, 0.6) is 5.75 Å². The molecule has 1 aromatic heterocycles. The van der Waals surface area contributed by atoms with Crippen LogP contribution >= 0.6 is 0 Å². The third-order valence-electron chi connectivity index (χ3n) is 3.35. The number of aromatic hydroxyl groups is 1. The molecule has 0 saturated heterocycles. The highest BCUT2D eigenvalue weighted by Crippen LogP contribution is 2.33. The molecule has 0 aliphatic carbocycles. The van der Waals surface area contributed by atoms with E-state index in [4.69, 9.17) is 9.15 Å². The molecule has 122 valence electrons. The van der Waals surface area contributed by atoms with E-state index >= 15 is 0 Å². The van der Waals surface area contributed by atoms with Crippen molar-refractivity contribution in [2.75, 3.05) is 6.61 Å². The van der Waals surface area contributed by atoms with Gasteiger partial charge in [-0.2, -0.15) is 0 Å². The normalized spacial score (nSPS) is 11.9. The van der Waals surface area contributed by atoms with Crippen LogP contribution in [0, 0.1) is 0 Å². The number of aliphatic hydroxyl groups excluding tert-OH is 1. The summed E-state index contributed by atoms with van der Waals surface area (Å²) in [6, 6.07) is 9.90. The maximum absolute atomic E-state index is 11.9. The Morgan fingerprint density at radius 2 is 2.00 bits per heavy atom. The van der Waals surface area contributed by atoms with E-state index in [1.807, 2.05) is 6.07 Å². The molecule has 23 heavy (non-hydrogen) atoms. The Morgan fingerprint density at radius 1 is 1.30 bits per heavy atom. The van der Waals surface area contributed by atoms with Gasteiger partial charge in [-0.1, -0.05) is 30.3 Å². The topological polar surface area (TPSA) is 97.0 Å². The lowest BCUT2D eigenvalue weighted by Crippen LogP contribution is -2.14. The molecule has 2 rings (SSSR count). The monoisotopic (exact) mass is 318 g/mol. The van der Waals surface area contributed by atoms with E-state index in [-0.39, 0.29) is 24.5 Å². The van der Waals surface area contributed by atoms with Gasteiger partial charge in [-0.3, -0.25) is 9.59 Å². The van der Waals surface area contributed by atoms with Crippen LogP contribution in [-0.4, -0.2) is 22.8 Å². The zero-order chi connectivity index (χ0) is 16.8. The number of aliphatic hydroxyl groups is 1. The Hall–Kier alpha value is -2.60. The minimum atomic E-state index is -0.686. The molecule has 0 aliphatic heterocycles. The molecular formula is C17H18O6. The van der Waals surface area contributed by atoms with Crippen molar-refractivity contribution in [3.05, 3.63) is 63.7 Å². The van der Waals surface area contributed by atoms with Crippen LogP contribution in [-0.2, 0) is 16.1 Å². The van der Waals surface area contributed by atoms with Crippen LogP contribution in [0.3, 0.4) is 0 Å². The van der Waals surface area contributed by atoms with Gasteiger partial charge in [-0.05, 0) is 12.5 Å². The van der Waals surface area contributed by atoms with Gasteiger partial charge in [0.1, 0.15) is 12.4 Å². The summed E-state index contributed by atoms with van der Waals surface area (Å²) in [7, 11) is 0. The molecule has 0 saturated carbocycles. The maximum Gasteiger partial charge on any atom is 0.306 e. The van der Waals surface area contributed by atoms with Crippen molar-refractivity contribution >= 4 is 5.97 Å². The van der Waals surface area contributed by atoms with Gasteiger partial charge in [-0.15, -0.1) is 0 Å². The molecule has 0 amide bonds. The van der Waals surface area contributed by atoms with Crippen LogP contribution in [0.4, 0.5) is 0 Å². The van der Waals surface area contributed by atoms with Crippen LogP contribution in [0.15, 0.2) is 45.6 Å². The van der Waals surface area contributed by atoms with Crippen molar-refractivity contribution in [2.24, 2.45) is 0 Å². The third-order valence-corrected chi connectivity index (χ3v) is 3.35. The zero-order valence-corrected chi connectivity index (χ0v) is 12.7. The molecular weight excluding hydrogens is 300 g/mol. The van der Waals surface area contributed by atoms with Gasteiger partial charge >= 0.3 is 5.97 Å². The Labute approximate surface area is 133 Å². The van der Waals surface area contributed by atoms with Crippen LogP contribution in [0.2, 0.25) is 0 Å². The molecule has 1 heterocycles. The van der Waals surface area contributed by atoms with E-state index in [0.717, 1.165) is 6.07 Å². The second-order valence-corrected chi connectivity index (χ2v) is 4.92. The van der Waals surface area contributed by atoms with Crippen molar-refractivity contribution in [1.29, 1.82) is 0 Å². The van der Waals surface area contributed by atoms with Crippen molar-refractivity contribution in [3.63, 3.8) is 0 Å². The number of ether oxygens (including phenoxy) is 1. The number of carbonyl (C=O) groups excluding carboxylic acids is 1. The quantitative estimate of drug-likeness (QED) is 0.790. The number of hydrogen-bond donors (Lipinski definition) is 2. The van der Waals surface area contributed by atoms with Gasteiger partial charge in [0.25, 0.3) is 0 Å². The second-order valence-electron chi connectivity index (χ2n) is 4.92. The fourth-order valence-corrected chi connectivity index (χ4v) is 2.30. The highest BCUT2D eigenvalue weighted by atomic mass is 16.5. The molecule has 6 heteroatoms. The molecule has 0 radical (unpaired) electrons. The smallest absolute Gasteiger partial charge is 0.306 e. The summed E-state index contributed by atoms with van der Waals surface area (Å²) in [6.45, 7) is 1.44. The first-order chi connectivity index (χ1) is 11.1. The SMILES string of the molecule is CCOC(=O)C[C@H](c1ccccc1)c1oc(CO)cc(=O)c1O. The Morgan fingerprint density at radius 3 is 2.61 bits per heavy atom. The molecule has 0 spiro atoms. The fraction of sp³-hybridized carbons (Fsp3) is 0.294. The Bertz CT molecular complexity index is 720. The van der Waals surface area contributed by atoms with E-state index in [9.17, 15) is 19.8 Å². The highest BCUT2D eigenvalue weighted by molar-refractivity contribution is 5.71. The summed E-state index contributed by atoms with van der Waals surface area (Å²) in [6.07, 6.45) is -0.0940. The lowest BCUT2D eigenvalue weighted by Gasteiger charge is -2.17. The standard InChI is InChI=1S/C17H18O6/c1-2-22-15(20)9-13(11-6-4-3-5-7-11)17-16(21)14(19)8-12(10-18)23-17/h3-8,13,18,21H,2,9-10H2,1H3/t13-/m1/s1. The first-order valence-corrected chi connectivity index (χ1v) is 7.24. The van der Waals surface area contributed by atoms with Gasteiger partial charge in [0.2, 0.25) is 11.2 Å². The minimum absolute atomic E-state index is 0.0209. The predicted molar refractivity (Wildman–Crippen MR) is 82.1 cm³/mol. The van der Waals surface area contributed by atoms with Gasteiger partial charge < -0.3 is 19.4 Å². The number of carbonyl (C=O) groups is 1. The largest absolute Gasteiger partial charge is 0.502 e. The lowest BCUT2D eigenvalue weighted by molar-refractivity contribution is -0.143. The highest BCUT2D eigenvalue weighted by Gasteiger charge is 2.26. The van der Waals surface area contributed by atoms with Crippen molar-refractivity contribution in [3.8, 4) is 5.75 Å². The zero-order valence-electron chi connectivity index (χ0n) is 12.7. The van der Waals surface area contributed by atoms with E-state index in [0.29, 0.717) is 5.56 Å². The van der Waals surface area contributed by atoms with Gasteiger partial charge in [-0.25, -0.2) is 0 Å². The number of benzene rings is 1. The number of esters is 1. The van der Waals surface area contributed by atoms with E-state index in [1.54, 1.807) is 31.2 Å². The number of rotatable bonds is 6. The average molecular weight is 318 g/mol. The minimum Gasteiger partial charge on any atom is -0.502 e. The first kappa shape index (κ1) is 16.8. The first-order valence-electron chi connectivity index (χ1n) is 7.24. The van der Waals surface area contributed by atoms with Crippen LogP contribution < -0.4 is 5.43 Å². The van der Waals surface area contributed by atoms with Crippen LogP contribution in [0.1, 0.15) is 36.3 Å². The summed E-state index contributed by atoms with van der Waals surface area (Å²) in [5.41, 5.74) is 0.0224. The molecule has 0 unspecified atom stereocenters. The van der Waals surface area contributed by atoms with E-state index in [1.165, 1.54) is 0 Å². The van der Waals surface area contributed by atoms with Gasteiger partial charge in [0.15, 0.2) is 5.76 Å². The van der Waals surface area contributed by atoms with Crippen molar-refractivity contribution in [1.82, 2.24) is 0 Å². The van der Waals surface area contributed by atoms with Crippen molar-refractivity contribution in [2.45, 2.75) is 25.9 Å². The molecule has 0 fully saturated rings. The Balaban J connectivity index is 2.51. The maximum atomic E-state index is 11.9. The molecule has 6 nitrogen and oxygen atoms in total. The van der Waals surface area contributed by atoms with E-state index < -0.39 is 29.7 Å². The fourth-order valence-electron chi connectivity index (χ4n) is 2.30. The molecule has 1 atom stereocenters. The summed E-state index contributed by atoms with van der Waals surface area (Å²) >= 11 is 0. The third kappa shape index (κ3) is 3.98. The van der Waals surface area contributed by atoms with Crippen molar-refractivity contribution < 1.29 is 24.2 Å². The van der Waals surface area contributed by atoms with E-state index in [2.05, 4.69) is 0 Å². The van der Waals surface area contributed by atoms with Gasteiger partial charge in [0, 0.05) is 6.07 Å². The van der Waals surface area contributed by atoms with Gasteiger partial charge in [0.05, 0.1) is 18.9 Å². The molecule has 2 aromatic rings. The Kier molecular flexibility index (Phi) is 5.54. The summed E-state index contributed by atoms with van der Waals surface area (Å²) in [5, 5.41) is 19.2. The summed E-state index contributed by atoms with van der Waals surface area (Å²) in [4.78, 5) is 23.7. The molecule has 0 bridgehead atoms. The summed E-state index contributed by atoms with van der Waals surface area (Å²) in [5.74, 6) is -1.76. The lowest BCUT2D eigenvalue weighted by atomic mass is 9.92.